The van der Waals surface area contributed by atoms with E-state index in [1.165, 1.54) is 0 Å². The summed E-state index contributed by atoms with van der Waals surface area (Å²) in [5.74, 6) is 0.368. The number of amides is 1. The van der Waals surface area contributed by atoms with Crippen molar-refractivity contribution in [3.05, 3.63) is 87.4 Å². The first-order valence-electron chi connectivity index (χ1n) is 9.18. The molecule has 0 bridgehead atoms. The molecule has 0 heterocycles. The normalized spacial score (nSPS) is 10.5. The highest BCUT2D eigenvalue weighted by molar-refractivity contribution is 6.31. The topological polar surface area (TPSA) is 50.4 Å². The van der Waals surface area contributed by atoms with Gasteiger partial charge in [-0.05, 0) is 61.9 Å². The maximum atomic E-state index is 12.2. The Hall–Kier alpha value is -2.69. The van der Waals surface area contributed by atoms with Crippen molar-refractivity contribution in [3.63, 3.8) is 0 Å². The van der Waals surface area contributed by atoms with Gasteiger partial charge in [-0.1, -0.05) is 47.0 Å². The van der Waals surface area contributed by atoms with E-state index in [0.717, 1.165) is 28.1 Å². The summed E-state index contributed by atoms with van der Waals surface area (Å²) in [6, 6.07) is 18.7. The number of hydrogen-bond donors (Lipinski definition) is 2. The van der Waals surface area contributed by atoms with Crippen LogP contribution in [0.5, 0.6) is 5.75 Å². The van der Waals surface area contributed by atoms with Gasteiger partial charge in [0, 0.05) is 33.5 Å². The molecule has 0 saturated heterocycles. The quantitative estimate of drug-likeness (QED) is 0.468. The van der Waals surface area contributed by atoms with Crippen LogP contribution in [0.1, 0.15) is 16.7 Å². The minimum atomic E-state index is -0.229. The van der Waals surface area contributed by atoms with Crippen molar-refractivity contribution in [3.8, 4) is 5.75 Å². The molecule has 3 aromatic rings. The molecule has 0 unspecified atom stereocenters. The lowest BCUT2D eigenvalue weighted by molar-refractivity contribution is -0.118. The monoisotopic (exact) mass is 428 g/mol. The van der Waals surface area contributed by atoms with Gasteiger partial charge in [-0.2, -0.15) is 0 Å². The van der Waals surface area contributed by atoms with Gasteiger partial charge in [-0.25, -0.2) is 0 Å². The molecule has 4 nitrogen and oxygen atoms in total. The number of hydrogen-bond acceptors (Lipinski definition) is 3. The maximum absolute atomic E-state index is 12.2. The third-order valence-electron chi connectivity index (χ3n) is 4.37. The van der Waals surface area contributed by atoms with Gasteiger partial charge in [0.15, 0.2) is 6.61 Å². The van der Waals surface area contributed by atoms with E-state index in [0.29, 0.717) is 22.3 Å². The third kappa shape index (κ3) is 6.14. The molecule has 0 fully saturated rings. The first-order chi connectivity index (χ1) is 13.9. The lowest BCUT2D eigenvalue weighted by Gasteiger charge is -2.14. The molecule has 6 heteroatoms. The van der Waals surface area contributed by atoms with Crippen LogP contribution < -0.4 is 15.4 Å². The molecule has 0 spiro atoms. The second kappa shape index (κ2) is 9.68. The number of rotatable bonds is 7. The van der Waals surface area contributed by atoms with Crippen LogP contribution in [0, 0.1) is 13.8 Å². The van der Waals surface area contributed by atoms with Crippen molar-refractivity contribution in [1.82, 2.24) is 0 Å². The third-order valence-corrected chi connectivity index (χ3v) is 5.01. The van der Waals surface area contributed by atoms with Gasteiger partial charge in [0.25, 0.3) is 5.91 Å². The number of benzene rings is 3. The Morgan fingerprint density at radius 2 is 1.66 bits per heavy atom. The van der Waals surface area contributed by atoms with Crippen molar-refractivity contribution in [2.75, 3.05) is 17.2 Å². The van der Waals surface area contributed by atoms with Gasteiger partial charge in [0.2, 0.25) is 0 Å². The number of carbonyl (C=O) groups excluding carboxylic acids is 1. The predicted molar refractivity (Wildman–Crippen MR) is 120 cm³/mol. The van der Waals surface area contributed by atoms with Crippen molar-refractivity contribution in [1.29, 1.82) is 0 Å². The summed E-state index contributed by atoms with van der Waals surface area (Å²) in [4.78, 5) is 12.2. The fourth-order valence-electron chi connectivity index (χ4n) is 2.70. The van der Waals surface area contributed by atoms with E-state index in [4.69, 9.17) is 27.9 Å². The lowest BCUT2D eigenvalue weighted by atomic mass is 10.2. The molecular formula is C23H22Cl2N2O2. The van der Waals surface area contributed by atoms with Gasteiger partial charge in [-0.15, -0.1) is 0 Å². The summed E-state index contributed by atoms with van der Waals surface area (Å²) in [5, 5.41) is 7.42. The number of anilines is 2. The molecule has 0 radical (unpaired) electrons. The second-order valence-electron chi connectivity index (χ2n) is 6.77. The van der Waals surface area contributed by atoms with Crippen LogP contribution in [0.4, 0.5) is 11.4 Å². The molecule has 0 atom stereocenters. The molecule has 0 aliphatic carbocycles. The Kier molecular flexibility index (Phi) is 7.02. The van der Waals surface area contributed by atoms with Crippen LogP contribution in [0.3, 0.4) is 0 Å². The van der Waals surface area contributed by atoms with Crippen LogP contribution in [0.15, 0.2) is 60.7 Å². The molecule has 0 aliphatic rings. The Morgan fingerprint density at radius 3 is 2.38 bits per heavy atom. The van der Waals surface area contributed by atoms with Crippen molar-refractivity contribution in [2.24, 2.45) is 0 Å². The van der Waals surface area contributed by atoms with E-state index in [2.05, 4.69) is 10.6 Å². The molecular weight excluding hydrogens is 407 g/mol. The van der Waals surface area contributed by atoms with Gasteiger partial charge in [-0.3, -0.25) is 4.79 Å². The zero-order valence-electron chi connectivity index (χ0n) is 16.3. The van der Waals surface area contributed by atoms with E-state index in [1.807, 2.05) is 62.4 Å². The second-order valence-corrected chi connectivity index (χ2v) is 7.62. The molecule has 3 rings (SSSR count). The minimum Gasteiger partial charge on any atom is -0.483 e. The van der Waals surface area contributed by atoms with Gasteiger partial charge < -0.3 is 15.4 Å². The Balaban J connectivity index is 1.62. The Morgan fingerprint density at radius 1 is 0.931 bits per heavy atom. The summed E-state index contributed by atoms with van der Waals surface area (Å²) < 4.78 is 5.74. The van der Waals surface area contributed by atoms with E-state index in [9.17, 15) is 4.79 Å². The zero-order chi connectivity index (χ0) is 20.8. The fourth-order valence-corrected chi connectivity index (χ4v) is 3.08. The predicted octanol–water partition coefficient (Wildman–Crippen LogP) is 6.24. The summed E-state index contributed by atoms with van der Waals surface area (Å²) in [6.07, 6.45) is 0. The molecule has 3 aromatic carbocycles. The first kappa shape index (κ1) is 21.0. The largest absolute Gasteiger partial charge is 0.483 e. The average molecular weight is 429 g/mol. The summed E-state index contributed by atoms with van der Waals surface area (Å²) in [7, 11) is 0. The fraction of sp³-hybridized carbons (Fsp3) is 0.174. The minimum absolute atomic E-state index is 0.0983. The average Bonchev–Trinajstić information content (AvgIpc) is 2.70. The van der Waals surface area contributed by atoms with Gasteiger partial charge >= 0.3 is 0 Å². The van der Waals surface area contributed by atoms with Crippen LogP contribution >= 0.6 is 23.2 Å². The van der Waals surface area contributed by atoms with E-state index in [-0.39, 0.29) is 12.5 Å². The van der Waals surface area contributed by atoms with E-state index >= 15 is 0 Å². The molecule has 0 aliphatic heterocycles. The maximum Gasteiger partial charge on any atom is 0.262 e. The highest BCUT2D eigenvalue weighted by Crippen LogP contribution is 2.25. The van der Waals surface area contributed by atoms with Gasteiger partial charge in [0.1, 0.15) is 5.75 Å². The van der Waals surface area contributed by atoms with E-state index in [1.54, 1.807) is 12.1 Å². The molecule has 150 valence electrons. The standard InChI is InChI=1S/C23H22Cl2N2O2/c1-15-3-7-19(8-4-15)27-23(28)14-29-22-10-6-18(24)11-17(22)13-26-20-9-5-16(2)21(25)12-20/h3-12,26H,13-14H2,1-2H3,(H,27,28). The molecule has 29 heavy (non-hydrogen) atoms. The Bertz CT molecular complexity index is 1000. The SMILES string of the molecule is Cc1ccc(NC(=O)COc2ccc(Cl)cc2CNc2ccc(C)c(Cl)c2)cc1. The highest BCUT2D eigenvalue weighted by atomic mass is 35.5. The van der Waals surface area contributed by atoms with Crippen LogP contribution in [-0.2, 0) is 11.3 Å². The number of halogens is 2. The first-order valence-corrected chi connectivity index (χ1v) is 9.94. The van der Waals surface area contributed by atoms with Crippen molar-refractivity contribution < 1.29 is 9.53 Å². The number of carbonyl (C=O) groups is 1. The zero-order valence-corrected chi connectivity index (χ0v) is 17.8. The summed E-state index contributed by atoms with van der Waals surface area (Å²) in [5.41, 5.74) is 4.62. The van der Waals surface area contributed by atoms with Crippen LogP contribution in [0.2, 0.25) is 10.0 Å². The number of aryl methyl sites for hydroxylation is 2. The van der Waals surface area contributed by atoms with Gasteiger partial charge in [0.05, 0.1) is 0 Å². The number of nitrogens with one attached hydrogen (secondary N) is 2. The molecule has 0 aromatic heterocycles. The molecule has 2 N–H and O–H groups in total. The highest BCUT2D eigenvalue weighted by Gasteiger charge is 2.09. The van der Waals surface area contributed by atoms with Crippen LogP contribution in [-0.4, -0.2) is 12.5 Å². The van der Waals surface area contributed by atoms with E-state index < -0.39 is 0 Å². The summed E-state index contributed by atoms with van der Waals surface area (Å²) >= 11 is 12.3. The van der Waals surface area contributed by atoms with Crippen molar-refractivity contribution >= 4 is 40.5 Å². The number of ether oxygens (including phenoxy) is 1. The molecule has 1 amide bonds. The van der Waals surface area contributed by atoms with Crippen molar-refractivity contribution in [2.45, 2.75) is 20.4 Å². The lowest BCUT2D eigenvalue weighted by Crippen LogP contribution is -2.20. The Labute approximate surface area is 180 Å². The van der Waals surface area contributed by atoms with Crippen LogP contribution in [0.25, 0.3) is 0 Å². The summed E-state index contributed by atoms with van der Waals surface area (Å²) in [6.45, 7) is 4.33. The molecule has 0 saturated carbocycles. The smallest absolute Gasteiger partial charge is 0.262 e.